The summed E-state index contributed by atoms with van der Waals surface area (Å²) in [6, 6.07) is 0.503. The molecule has 2 heteroatoms. The number of nitrogens with one attached hydrogen (secondary N) is 1. The Hall–Kier alpha value is -0.0800. The summed E-state index contributed by atoms with van der Waals surface area (Å²) >= 11 is 0. The lowest BCUT2D eigenvalue weighted by Gasteiger charge is -2.34. The largest absolute Gasteiger partial charge is 0.377 e. The first kappa shape index (κ1) is 14.0. The fraction of sp³-hybridized carbons (Fsp3) is 1.00. The van der Waals surface area contributed by atoms with Crippen molar-refractivity contribution in [1.82, 2.24) is 5.32 Å². The van der Waals surface area contributed by atoms with Gasteiger partial charge in [0.05, 0.1) is 6.10 Å². The topological polar surface area (TPSA) is 21.3 Å². The van der Waals surface area contributed by atoms with Gasteiger partial charge in [0.2, 0.25) is 0 Å². The van der Waals surface area contributed by atoms with Crippen molar-refractivity contribution >= 4 is 0 Å². The Bertz CT molecular complexity index is 166. The van der Waals surface area contributed by atoms with Crippen LogP contribution in [-0.4, -0.2) is 25.3 Å². The highest BCUT2D eigenvalue weighted by Gasteiger charge is 2.28. The van der Waals surface area contributed by atoms with Crippen molar-refractivity contribution in [2.45, 2.75) is 71.4 Å². The van der Waals surface area contributed by atoms with Crippen LogP contribution in [0, 0.1) is 5.92 Å². The van der Waals surface area contributed by atoms with Crippen molar-refractivity contribution in [2.75, 3.05) is 13.2 Å². The van der Waals surface area contributed by atoms with Crippen LogP contribution in [0.5, 0.6) is 0 Å². The molecule has 2 atom stereocenters. The summed E-state index contributed by atoms with van der Waals surface area (Å²) in [7, 11) is 0. The second-order valence-electron chi connectivity index (χ2n) is 5.06. The van der Waals surface area contributed by atoms with Crippen molar-refractivity contribution in [2.24, 2.45) is 5.92 Å². The highest BCUT2D eigenvalue weighted by Crippen LogP contribution is 2.29. The van der Waals surface area contributed by atoms with E-state index >= 15 is 0 Å². The van der Waals surface area contributed by atoms with Crippen LogP contribution in [0.2, 0.25) is 0 Å². The average molecular weight is 227 g/mol. The Labute approximate surface area is 101 Å². The zero-order valence-corrected chi connectivity index (χ0v) is 11.3. The van der Waals surface area contributed by atoms with Crippen LogP contribution < -0.4 is 5.32 Å². The van der Waals surface area contributed by atoms with Crippen molar-refractivity contribution in [3.8, 4) is 0 Å². The molecule has 2 nitrogen and oxygen atoms in total. The van der Waals surface area contributed by atoms with Gasteiger partial charge in [0, 0.05) is 12.6 Å². The van der Waals surface area contributed by atoms with Gasteiger partial charge in [0.15, 0.2) is 0 Å². The lowest BCUT2D eigenvalue weighted by molar-refractivity contribution is -0.0134. The van der Waals surface area contributed by atoms with Crippen molar-refractivity contribution < 1.29 is 4.74 Å². The molecule has 1 rings (SSSR count). The Morgan fingerprint density at radius 3 is 2.44 bits per heavy atom. The molecule has 0 radical (unpaired) electrons. The molecule has 1 N–H and O–H groups in total. The summed E-state index contributed by atoms with van der Waals surface area (Å²) in [5.41, 5.74) is 0. The van der Waals surface area contributed by atoms with Crippen molar-refractivity contribution in [1.29, 1.82) is 0 Å². The van der Waals surface area contributed by atoms with Crippen LogP contribution in [-0.2, 0) is 4.74 Å². The number of rotatable bonds is 7. The Balaban J connectivity index is 2.43. The van der Waals surface area contributed by atoms with Gasteiger partial charge in [-0.3, -0.25) is 0 Å². The fourth-order valence-electron chi connectivity index (χ4n) is 2.83. The van der Waals surface area contributed by atoms with E-state index in [2.05, 4.69) is 26.1 Å². The normalized spacial score (nSPS) is 21.9. The lowest BCUT2D eigenvalue weighted by atomic mass is 9.83. The van der Waals surface area contributed by atoms with Crippen molar-refractivity contribution in [3.05, 3.63) is 0 Å². The third-order valence-corrected chi connectivity index (χ3v) is 3.68. The molecule has 0 aromatic rings. The minimum Gasteiger partial charge on any atom is -0.377 e. The van der Waals surface area contributed by atoms with Crippen LogP contribution in [0.1, 0.15) is 59.3 Å². The summed E-state index contributed by atoms with van der Waals surface area (Å²) in [6.45, 7) is 8.57. The average Bonchev–Trinajstić information content (AvgIpc) is 2.34. The molecular formula is C14H29NO. The van der Waals surface area contributed by atoms with E-state index in [1.807, 2.05) is 0 Å². The SMILES string of the molecule is CCCNC(C)C(OCC)C1CCCCC1. The van der Waals surface area contributed by atoms with E-state index in [1.165, 1.54) is 38.5 Å². The molecule has 1 aliphatic carbocycles. The smallest absolute Gasteiger partial charge is 0.0753 e. The van der Waals surface area contributed by atoms with Crippen LogP contribution in [0.4, 0.5) is 0 Å². The molecule has 1 fully saturated rings. The number of ether oxygens (including phenoxy) is 1. The summed E-state index contributed by atoms with van der Waals surface area (Å²) in [4.78, 5) is 0. The van der Waals surface area contributed by atoms with Gasteiger partial charge in [0.1, 0.15) is 0 Å². The third kappa shape index (κ3) is 4.42. The van der Waals surface area contributed by atoms with Crippen LogP contribution in [0.3, 0.4) is 0 Å². The first-order valence-electron chi connectivity index (χ1n) is 7.14. The summed E-state index contributed by atoms with van der Waals surface area (Å²) < 4.78 is 5.98. The lowest BCUT2D eigenvalue weighted by Crippen LogP contribution is -2.44. The Morgan fingerprint density at radius 1 is 1.19 bits per heavy atom. The maximum absolute atomic E-state index is 5.98. The van der Waals surface area contributed by atoms with Gasteiger partial charge in [-0.1, -0.05) is 26.2 Å². The molecule has 0 aromatic heterocycles. The first-order valence-corrected chi connectivity index (χ1v) is 7.14. The molecule has 0 spiro atoms. The predicted octanol–water partition coefficient (Wildman–Crippen LogP) is 3.36. The summed E-state index contributed by atoms with van der Waals surface area (Å²) in [6.07, 6.45) is 8.58. The third-order valence-electron chi connectivity index (χ3n) is 3.68. The molecule has 96 valence electrons. The zero-order valence-electron chi connectivity index (χ0n) is 11.3. The maximum Gasteiger partial charge on any atom is 0.0753 e. The molecular weight excluding hydrogens is 198 g/mol. The summed E-state index contributed by atoms with van der Waals surface area (Å²) in [5, 5.41) is 3.59. The minimum absolute atomic E-state index is 0.428. The van der Waals surface area contributed by atoms with Crippen LogP contribution >= 0.6 is 0 Å². The molecule has 0 amide bonds. The van der Waals surface area contributed by atoms with E-state index in [-0.39, 0.29) is 0 Å². The standard InChI is InChI=1S/C14H29NO/c1-4-11-15-12(3)14(16-5-2)13-9-7-6-8-10-13/h12-15H,4-11H2,1-3H3. The van der Waals surface area contributed by atoms with Gasteiger partial charge in [-0.25, -0.2) is 0 Å². The van der Waals surface area contributed by atoms with E-state index in [0.717, 1.165) is 19.1 Å². The molecule has 0 saturated heterocycles. The molecule has 0 heterocycles. The molecule has 1 saturated carbocycles. The summed E-state index contributed by atoms with van der Waals surface area (Å²) in [5.74, 6) is 0.785. The minimum atomic E-state index is 0.428. The second-order valence-corrected chi connectivity index (χ2v) is 5.06. The van der Waals surface area contributed by atoms with Gasteiger partial charge in [0.25, 0.3) is 0 Å². The van der Waals surface area contributed by atoms with Crippen LogP contribution in [0.25, 0.3) is 0 Å². The monoisotopic (exact) mass is 227 g/mol. The van der Waals surface area contributed by atoms with E-state index < -0.39 is 0 Å². The first-order chi connectivity index (χ1) is 7.79. The second kappa shape index (κ2) is 8.08. The van der Waals surface area contributed by atoms with Crippen LogP contribution in [0.15, 0.2) is 0 Å². The van der Waals surface area contributed by atoms with Gasteiger partial charge in [-0.15, -0.1) is 0 Å². The molecule has 0 bridgehead atoms. The molecule has 0 aromatic carbocycles. The van der Waals surface area contributed by atoms with E-state index in [1.54, 1.807) is 0 Å². The Morgan fingerprint density at radius 2 is 1.88 bits per heavy atom. The molecule has 2 unspecified atom stereocenters. The predicted molar refractivity (Wildman–Crippen MR) is 69.7 cm³/mol. The van der Waals surface area contributed by atoms with Gasteiger partial charge >= 0.3 is 0 Å². The molecule has 16 heavy (non-hydrogen) atoms. The van der Waals surface area contributed by atoms with Gasteiger partial charge < -0.3 is 10.1 Å². The number of hydrogen-bond acceptors (Lipinski definition) is 2. The fourth-order valence-corrected chi connectivity index (χ4v) is 2.83. The molecule has 1 aliphatic rings. The molecule has 0 aliphatic heterocycles. The zero-order chi connectivity index (χ0) is 11.8. The van der Waals surface area contributed by atoms with E-state index in [0.29, 0.717) is 12.1 Å². The van der Waals surface area contributed by atoms with E-state index in [4.69, 9.17) is 4.74 Å². The van der Waals surface area contributed by atoms with Gasteiger partial charge in [-0.05, 0) is 45.6 Å². The van der Waals surface area contributed by atoms with Crippen molar-refractivity contribution in [3.63, 3.8) is 0 Å². The van der Waals surface area contributed by atoms with E-state index in [9.17, 15) is 0 Å². The highest BCUT2D eigenvalue weighted by molar-refractivity contribution is 4.82. The highest BCUT2D eigenvalue weighted by atomic mass is 16.5. The van der Waals surface area contributed by atoms with Gasteiger partial charge in [-0.2, -0.15) is 0 Å². The number of hydrogen-bond donors (Lipinski definition) is 1. The maximum atomic E-state index is 5.98. The Kier molecular flexibility index (Phi) is 7.06. The quantitative estimate of drug-likeness (QED) is 0.720.